The molecule has 4 aliphatic rings. The van der Waals surface area contributed by atoms with Gasteiger partial charge in [-0.1, -0.05) is 65.9 Å². The van der Waals surface area contributed by atoms with Crippen molar-refractivity contribution in [1.82, 2.24) is 4.98 Å². The molecule has 3 amide bonds. The van der Waals surface area contributed by atoms with E-state index in [9.17, 15) is 19.2 Å². The van der Waals surface area contributed by atoms with Gasteiger partial charge in [0.1, 0.15) is 5.75 Å². The van der Waals surface area contributed by atoms with Crippen molar-refractivity contribution in [3.8, 4) is 5.75 Å². The van der Waals surface area contributed by atoms with Crippen LogP contribution >= 0.6 is 23.1 Å². The second kappa shape index (κ2) is 10.5. The number of hydrogen-bond donors (Lipinski definition) is 2. The molecule has 44 heavy (non-hydrogen) atoms. The van der Waals surface area contributed by atoms with E-state index in [0.717, 1.165) is 33.1 Å². The van der Waals surface area contributed by atoms with Crippen LogP contribution < -0.4 is 19.8 Å². The molecule has 2 aliphatic carbocycles. The number of anilines is 2. The Hall–Kier alpha value is -4.15. The third kappa shape index (κ3) is 4.18. The molecule has 7 atom stereocenters. The minimum Gasteiger partial charge on any atom is -0.483 e. The summed E-state index contributed by atoms with van der Waals surface area (Å²) in [4.78, 5) is 58.6. The van der Waals surface area contributed by atoms with Gasteiger partial charge in [-0.3, -0.25) is 24.1 Å². The van der Waals surface area contributed by atoms with Gasteiger partial charge in [0.15, 0.2) is 6.61 Å². The Morgan fingerprint density at radius 3 is 2.43 bits per heavy atom. The Balaban J connectivity index is 1.13. The highest BCUT2D eigenvalue weighted by atomic mass is 32.2. The first-order valence-corrected chi connectivity index (χ1v) is 16.5. The Kier molecular flexibility index (Phi) is 6.53. The Bertz CT molecular complexity index is 1870. The summed E-state index contributed by atoms with van der Waals surface area (Å²) in [5, 5.41) is 3.82. The van der Waals surface area contributed by atoms with Crippen molar-refractivity contribution in [3.05, 3.63) is 105 Å². The molecule has 0 spiro atoms. The van der Waals surface area contributed by atoms with E-state index in [4.69, 9.17) is 4.74 Å². The average Bonchev–Trinajstić information content (AvgIpc) is 3.76. The van der Waals surface area contributed by atoms with Crippen LogP contribution in [0.15, 0.2) is 88.7 Å². The normalized spacial score (nSPS) is 28.0. The molecule has 2 bridgehead atoms. The van der Waals surface area contributed by atoms with Gasteiger partial charge < -0.3 is 15.0 Å². The van der Waals surface area contributed by atoms with Gasteiger partial charge in [0.25, 0.3) is 5.91 Å². The van der Waals surface area contributed by atoms with E-state index < -0.39 is 0 Å². The third-order valence-electron chi connectivity index (χ3n) is 9.77. The smallest absolute Gasteiger partial charge is 0.305 e. The molecule has 6 unspecified atom stereocenters. The van der Waals surface area contributed by atoms with Crippen molar-refractivity contribution in [3.63, 3.8) is 0 Å². The topological polar surface area (TPSA) is 109 Å². The maximum atomic E-state index is 13.9. The van der Waals surface area contributed by atoms with Gasteiger partial charge in [-0.2, -0.15) is 0 Å². The minimum absolute atomic E-state index is 0.0135. The molecule has 3 fully saturated rings. The van der Waals surface area contributed by atoms with E-state index in [1.165, 1.54) is 16.2 Å². The van der Waals surface area contributed by atoms with Gasteiger partial charge in [0.2, 0.25) is 11.8 Å². The van der Waals surface area contributed by atoms with Crippen molar-refractivity contribution < 1.29 is 19.1 Å². The van der Waals surface area contributed by atoms with Crippen molar-refractivity contribution in [1.29, 1.82) is 0 Å². The van der Waals surface area contributed by atoms with E-state index in [0.29, 0.717) is 11.4 Å². The second-order valence-electron chi connectivity index (χ2n) is 12.0. The largest absolute Gasteiger partial charge is 0.483 e. The molecule has 2 aliphatic heterocycles. The Morgan fingerprint density at radius 1 is 0.932 bits per heavy atom. The molecule has 10 heteroatoms. The van der Waals surface area contributed by atoms with Crippen LogP contribution in [0.25, 0.3) is 0 Å². The highest BCUT2D eigenvalue weighted by molar-refractivity contribution is 8.00. The highest BCUT2D eigenvalue weighted by Crippen LogP contribution is 2.69. The lowest BCUT2D eigenvalue weighted by atomic mass is 9.68. The average molecular weight is 624 g/mol. The first-order valence-electron chi connectivity index (χ1n) is 14.8. The van der Waals surface area contributed by atoms with Crippen LogP contribution in [0.1, 0.15) is 28.3 Å². The molecule has 8 nitrogen and oxygen atoms in total. The van der Waals surface area contributed by atoms with E-state index in [2.05, 4.69) is 10.3 Å². The standard InChI is InChI=1S/C34H29N3O5S2/c1-17-9-5-7-13-22(17)35-24(38)16-42-23-14-8-6-12-19(23)25-26-20-15-21(29(26)43-31-30(25)44-34(41)36-31)28-27(20)32(39)37(33(28)40)18-10-3-2-4-11-18/h2-14,20-21,25-29H,15-16H2,1H3,(H,35,38)(H,36,41)/t20?,21?,25-,26?,27?,28?,29?/m1/s1. The summed E-state index contributed by atoms with van der Waals surface area (Å²) in [7, 11) is 0. The number of aromatic nitrogens is 1. The molecule has 222 valence electrons. The predicted octanol–water partition coefficient (Wildman–Crippen LogP) is 5.44. The molecule has 1 saturated heterocycles. The maximum Gasteiger partial charge on any atom is 0.305 e. The summed E-state index contributed by atoms with van der Waals surface area (Å²) in [5.41, 5.74) is 3.21. The van der Waals surface area contributed by atoms with Crippen molar-refractivity contribution >= 4 is 52.2 Å². The molecule has 8 rings (SSSR count). The summed E-state index contributed by atoms with van der Waals surface area (Å²) in [6.45, 7) is 1.76. The first-order chi connectivity index (χ1) is 21.4. The lowest BCUT2D eigenvalue weighted by Gasteiger charge is -2.43. The summed E-state index contributed by atoms with van der Waals surface area (Å²) >= 11 is 2.85. The zero-order valence-electron chi connectivity index (χ0n) is 23.8. The lowest BCUT2D eigenvalue weighted by Crippen LogP contribution is -2.42. The number of ether oxygens (including phenoxy) is 1. The fourth-order valence-corrected chi connectivity index (χ4v) is 11.0. The third-order valence-corrected chi connectivity index (χ3v) is 12.4. The number of para-hydroxylation sites is 3. The molecule has 0 radical (unpaired) electrons. The summed E-state index contributed by atoms with van der Waals surface area (Å²) in [5.74, 6) is -0.825. The van der Waals surface area contributed by atoms with Crippen LogP contribution in [0.5, 0.6) is 5.75 Å². The van der Waals surface area contributed by atoms with Crippen LogP contribution in [0.3, 0.4) is 0 Å². The van der Waals surface area contributed by atoms with Crippen molar-refractivity contribution in [2.45, 2.75) is 29.5 Å². The van der Waals surface area contributed by atoms with Crippen molar-refractivity contribution in [2.75, 3.05) is 16.8 Å². The monoisotopic (exact) mass is 623 g/mol. The Labute approximate surface area is 261 Å². The number of carbonyl (C=O) groups is 3. The zero-order valence-corrected chi connectivity index (χ0v) is 25.4. The fraction of sp³-hybridized carbons (Fsp3) is 0.294. The number of nitrogens with zero attached hydrogens (tertiary/aromatic N) is 1. The van der Waals surface area contributed by atoms with Crippen LogP contribution in [0, 0.1) is 36.5 Å². The van der Waals surface area contributed by atoms with Crippen molar-refractivity contribution in [2.24, 2.45) is 29.6 Å². The predicted molar refractivity (Wildman–Crippen MR) is 169 cm³/mol. The van der Waals surface area contributed by atoms with E-state index in [1.54, 1.807) is 11.8 Å². The molecule has 3 heterocycles. The second-order valence-corrected chi connectivity index (χ2v) is 14.2. The minimum atomic E-state index is -0.387. The van der Waals surface area contributed by atoms with Gasteiger partial charge in [-0.05, 0) is 60.9 Å². The molecule has 2 N–H and O–H groups in total. The molecule has 1 aromatic heterocycles. The van der Waals surface area contributed by atoms with E-state index >= 15 is 0 Å². The lowest BCUT2D eigenvalue weighted by molar-refractivity contribution is -0.123. The van der Waals surface area contributed by atoms with E-state index in [1.807, 2.05) is 85.8 Å². The number of H-pyrrole nitrogens is 1. The van der Waals surface area contributed by atoms with Gasteiger partial charge >= 0.3 is 4.87 Å². The number of imide groups is 1. The van der Waals surface area contributed by atoms with Crippen LogP contribution in [-0.2, 0) is 14.4 Å². The number of amides is 3. The quantitative estimate of drug-likeness (QED) is 0.277. The number of aromatic amines is 1. The fourth-order valence-electron chi connectivity index (χ4n) is 8.11. The molecule has 2 saturated carbocycles. The van der Waals surface area contributed by atoms with Gasteiger partial charge in [-0.15, -0.1) is 11.8 Å². The Morgan fingerprint density at radius 2 is 1.64 bits per heavy atom. The van der Waals surface area contributed by atoms with Gasteiger partial charge in [0.05, 0.1) is 22.5 Å². The number of aryl methyl sites for hydroxylation is 1. The van der Waals surface area contributed by atoms with Crippen LogP contribution in [0.4, 0.5) is 11.4 Å². The van der Waals surface area contributed by atoms with Crippen LogP contribution in [-0.4, -0.2) is 34.6 Å². The number of thioether (sulfide) groups is 1. The highest BCUT2D eigenvalue weighted by Gasteiger charge is 2.69. The maximum absolute atomic E-state index is 13.9. The first kappa shape index (κ1) is 27.4. The summed E-state index contributed by atoms with van der Waals surface area (Å²) in [6, 6.07) is 24.5. The summed E-state index contributed by atoms with van der Waals surface area (Å²) in [6.07, 6.45) is 0.801. The number of fused-ring (bicyclic) bond motifs is 9. The molecule has 4 aromatic rings. The number of rotatable bonds is 6. The number of thiazole rings is 1. The van der Waals surface area contributed by atoms with Gasteiger partial charge in [0, 0.05) is 27.3 Å². The number of hydrogen-bond acceptors (Lipinski definition) is 7. The van der Waals surface area contributed by atoms with E-state index in [-0.39, 0.29) is 70.0 Å². The number of carbonyl (C=O) groups excluding carboxylic acids is 3. The van der Waals surface area contributed by atoms with Crippen LogP contribution in [0.2, 0.25) is 0 Å². The molecular weight excluding hydrogens is 595 g/mol. The number of benzene rings is 3. The number of nitrogens with one attached hydrogen (secondary N) is 2. The summed E-state index contributed by atoms with van der Waals surface area (Å²) < 4.78 is 6.18. The SMILES string of the molecule is Cc1ccccc1NC(=O)COc1ccccc1[C@H]1c2sc(=O)[nH]c2SC2C3CC(C4C(=O)N(c5ccccc5)C(=O)C34)C21. The zero-order chi connectivity index (χ0) is 30.1. The molecular formula is C34H29N3O5S2. The van der Waals surface area contributed by atoms with Gasteiger partial charge in [-0.25, -0.2) is 0 Å². The molecule has 3 aromatic carbocycles.